The molecule has 2 N–H and O–H groups in total. The van der Waals surface area contributed by atoms with Gasteiger partial charge in [-0.25, -0.2) is 18.2 Å². The fraction of sp³-hybridized carbons (Fsp3) is 0.536. The van der Waals surface area contributed by atoms with E-state index in [9.17, 15) is 22.8 Å². The molecule has 1 atom stereocenters. The van der Waals surface area contributed by atoms with Crippen LogP contribution in [0.2, 0.25) is 0 Å². The highest BCUT2D eigenvalue weighted by Crippen LogP contribution is 2.33. The molecule has 0 saturated carbocycles. The van der Waals surface area contributed by atoms with Gasteiger partial charge in [0.05, 0.1) is 23.6 Å². The Morgan fingerprint density at radius 3 is 2.48 bits per heavy atom. The summed E-state index contributed by atoms with van der Waals surface area (Å²) in [5.74, 6) is -0.121. The molecule has 4 rings (SSSR count). The third kappa shape index (κ3) is 7.27. The van der Waals surface area contributed by atoms with Crippen LogP contribution in [0.3, 0.4) is 0 Å². The van der Waals surface area contributed by atoms with Crippen LogP contribution in [0.4, 0.5) is 33.6 Å². The maximum Gasteiger partial charge on any atom is 0.410 e. The average molecular weight is 602 g/mol. The van der Waals surface area contributed by atoms with Crippen LogP contribution in [-0.2, 0) is 24.2 Å². The lowest BCUT2D eigenvalue weighted by molar-refractivity contribution is -0.121. The first-order valence-electron chi connectivity index (χ1n) is 13.8. The van der Waals surface area contributed by atoms with E-state index in [-0.39, 0.29) is 47.5 Å². The normalized spacial score (nSPS) is 17.7. The number of aromatic nitrogens is 2. The Hall–Kier alpha value is -3.94. The molecule has 0 bridgehead atoms. The molecule has 2 aliphatic rings. The van der Waals surface area contributed by atoms with Crippen molar-refractivity contribution in [2.45, 2.75) is 64.0 Å². The molecule has 1 saturated heterocycles. The van der Waals surface area contributed by atoms with Crippen LogP contribution in [0.1, 0.15) is 47.5 Å². The Morgan fingerprint density at radius 1 is 1.14 bits per heavy atom. The smallest absolute Gasteiger partial charge is 0.410 e. The van der Waals surface area contributed by atoms with Gasteiger partial charge >= 0.3 is 6.09 Å². The van der Waals surface area contributed by atoms with E-state index in [1.54, 1.807) is 40.1 Å². The van der Waals surface area contributed by atoms with Gasteiger partial charge in [-0.2, -0.15) is 4.98 Å². The molecular weight excluding hydrogens is 562 g/mol. The zero-order chi connectivity index (χ0) is 31.0. The summed E-state index contributed by atoms with van der Waals surface area (Å²) < 4.78 is 30.5. The van der Waals surface area contributed by atoms with Gasteiger partial charge in [-0.15, -0.1) is 0 Å². The zero-order valence-corrected chi connectivity index (χ0v) is 25.9. The van der Waals surface area contributed by atoms with Crippen molar-refractivity contribution in [2.75, 3.05) is 53.4 Å². The molecule has 1 fully saturated rings. The molecule has 2 aliphatic heterocycles. The maximum atomic E-state index is 13.2. The Labute approximate surface area is 246 Å². The van der Waals surface area contributed by atoms with Gasteiger partial charge in [0.25, 0.3) is 0 Å². The van der Waals surface area contributed by atoms with Gasteiger partial charge in [0, 0.05) is 43.8 Å². The molecule has 42 heavy (non-hydrogen) atoms. The van der Waals surface area contributed by atoms with Crippen LogP contribution >= 0.6 is 0 Å². The van der Waals surface area contributed by atoms with Gasteiger partial charge in [0.15, 0.2) is 15.7 Å². The van der Waals surface area contributed by atoms with E-state index < -0.39 is 27.4 Å². The minimum Gasteiger partial charge on any atom is -0.444 e. The van der Waals surface area contributed by atoms with Crippen molar-refractivity contribution in [1.82, 2.24) is 14.9 Å². The van der Waals surface area contributed by atoms with Crippen LogP contribution in [0.15, 0.2) is 29.3 Å². The predicted molar refractivity (Wildman–Crippen MR) is 160 cm³/mol. The molecule has 0 radical (unpaired) electrons. The van der Waals surface area contributed by atoms with Crippen LogP contribution < -0.4 is 20.4 Å². The summed E-state index contributed by atoms with van der Waals surface area (Å²) in [6.07, 6.45) is 3.37. The van der Waals surface area contributed by atoms with Crippen molar-refractivity contribution in [2.24, 2.45) is 5.92 Å². The predicted octanol–water partition coefficient (Wildman–Crippen LogP) is 3.40. The second-order valence-electron chi connectivity index (χ2n) is 12.0. The number of ether oxygens (including phenoxy) is 1. The molecule has 0 aliphatic carbocycles. The first-order valence-corrected chi connectivity index (χ1v) is 15.7. The third-order valence-electron chi connectivity index (χ3n) is 6.99. The van der Waals surface area contributed by atoms with Gasteiger partial charge in [0.2, 0.25) is 17.8 Å². The maximum absolute atomic E-state index is 13.2. The van der Waals surface area contributed by atoms with Crippen molar-refractivity contribution < 1.29 is 27.5 Å². The van der Waals surface area contributed by atoms with E-state index in [0.717, 1.165) is 6.26 Å². The number of nitrogens with zero attached hydrogens (tertiary/aromatic N) is 5. The standard InChI is InChI=1S/C28H39N7O6S/c1-17(2)35-16-23(36)33(6)22-14-29-26(32-24(22)35)31-20-11-19(12-21(13-20)42(7,39)40)30-25(37)18-9-8-10-34(15-18)27(38)41-28(3,4)5/h11-14,17-18H,8-10,15-16H2,1-7H3,(H,30,37)(H,29,31,32)/t18-/m0/s1. The molecule has 0 spiro atoms. The second kappa shape index (κ2) is 11.7. The molecule has 13 nitrogen and oxygen atoms in total. The second-order valence-corrected chi connectivity index (χ2v) is 14.0. The van der Waals surface area contributed by atoms with E-state index >= 15 is 0 Å². The number of benzene rings is 1. The first kappa shape index (κ1) is 31.0. The number of carbonyl (C=O) groups is 3. The summed E-state index contributed by atoms with van der Waals surface area (Å²) in [6.45, 7) is 10.1. The third-order valence-corrected chi connectivity index (χ3v) is 8.08. The van der Waals surface area contributed by atoms with Crippen LogP contribution in [0.25, 0.3) is 0 Å². The van der Waals surface area contributed by atoms with E-state index in [1.165, 1.54) is 21.9 Å². The largest absolute Gasteiger partial charge is 0.444 e. The van der Waals surface area contributed by atoms with E-state index in [1.807, 2.05) is 18.7 Å². The minimum absolute atomic E-state index is 0.00515. The van der Waals surface area contributed by atoms with E-state index in [0.29, 0.717) is 36.6 Å². The number of hydrogen-bond donors (Lipinski definition) is 2. The summed E-state index contributed by atoms with van der Waals surface area (Å²) in [4.78, 5) is 52.1. The van der Waals surface area contributed by atoms with Crippen molar-refractivity contribution in [3.05, 3.63) is 24.4 Å². The molecule has 14 heteroatoms. The van der Waals surface area contributed by atoms with Gasteiger partial charge in [0.1, 0.15) is 11.3 Å². The Morgan fingerprint density at radius 2 is 1.83 bits per heavy atom. The monoisotopic (exact) mass is 601 g/mol. The molecule has 228 valence electrons. The molecule has 3 heterocycles. The van der Waals surface area contributed by atoms with Crippen molar-refractivity contribution >= 4 is 56.6 Å². The number of likely N-dealkylation sites (tertiary alicyclic amines) is 1. The number of sulfone groups is 1. The topological polar surface area (TPSA) is 154 Å². The quantitative estimate of drug-likeness (QED) is 0.503. The lowest BCUT2D eigenvalue weighted by atomic mass is 9.97. The Balaban J connectivity index is 1.57. The zero-order valence-electron chi connectivity index (χ0n) is 25.1. The first-order chi connectivity index (χ1) is 19.5. The van der Waals surface area contributed by atoms with E-state index in [2.05, 4.69) is 20.6 Å². The highest BCUT2D eigenvalue weighted by atomic mass is 32.2. The Kier molecular flexibility index (Phi) is 8.67. The van der Waals surface area contributed by atoms with Crippen molar-refractivity contribution in [3.63, 3.8) is 0 Å². The van der Waals surface area contributed by atoms with Crippen LogP contribution in [0.5, 0.6) is 0 Å². The molecule has 2 aromatic rings. The highest BCUT2D eigenvalue weighted by Gasteiger charge is 2.32. The average Bonchev–Trinajstić information content (AvgIpc) is 2.89. The molecular formula is C28H39N7O6S. The van der Waals surface area contributed by atoms with Crippen molar-refractivity contribution in [1.29, 1.82) is 0 Å². The van der Waals surface area contributed by atoms with Crippen LogP contribution in [-0.4, -0.2) is 85.8 Å². The molecule has 1 aromatic carbocycles. The van der Waals surface area contributed by atoms with Gasteiger partial charge in [-0.3, -0.25) is 9.59 Å². The number of carbonyl (C=O) groups excluding carboxylic acids is 3. The SMILES string of the molecule is CC(C)N1CC(=O)N(C)c2cnc(Nc3cc(NC(=O)[C@H]4CCCN(C(=O)OC(C)(C)C)C4)cc(S(C)(=O)=O)c3)nc21. The number of likely N-dealkylation sites (N-methyl/N-ethyl adjacent to an activating group) is 1. The molecule has 0 unspecified atom stereocenters. The minimum atomic E-state index is -3.64. The number of anilines is 5. The number of nitrogens with one attached hydrogen (secondary N) is 2. The number of fused-ring (bicyclic) bond motifs is 1. The number of hydrogen-bond acceptors (Lipinski definition) is 10. The molecule has 1 aromatic heterocycles. The summed E-state index contributed by atoms with van der Waals surface area (Å²) in [7, 11) is -1.97. The molecule has 3 amide bonds. The van der Waals surface area contributed by atoms with Gasteiger partial charge < -0.3 is 30.1 Å². The Bertz CT molecular complexity index is 1490. The number of amides is 3. The van der Waals surface area contributed by atoms with Crippen LogP contribution in [0, 0.1) is 5.92 Å². The number of rotatable bonds is 6. The highest BCUT2D eigenvalue weighted by molar-refractivity contribution is 7.90. The van der Waals surface area contributed by atoms with Gasteiger partial charge in [-0.05, 0) is 65.7 Å². The van der Waals surface area contributed by atoms with E-state index in [4.69, 9.17) is 4.74 Å². The summed E-state index contributed by atoms with van der Waals surface area (Å²) in [6, 6.07) is 4.43. The fourth-order valence-corrected chi connectivity index (χ4v) is 5.46. The van der Waals surface area contributed by atoms with Crippen molar-refractivity contribution in [3.8, 4) is 0 Å². The summed E-state index contributed by atoms with van der Waals surface area (Å²) in [5.41, 5.74) is 0.538. The lowest BCUT2D eigenvalue weighted by Crippen LogP contribution is -2.47. The van der Waals surface area contributed by atoms with Gasteiger partial charge in [-0.1, -0.05) is 0 Å². The summed E-state index contributed by atoms with van der Waals surface area (Å²) >= 11 is 0. The summed E-state index contributed by atoms with van der Waals surface area (Å²) in [5, 5.41) is 5.88. The fourth-order valence-electron chi connectivity index (χ4n) is 4.78. The number of piperidine rings is 1. The lowest BCUT2D eigenvalue weighted by Gasteiger charge is -2.36.